The maximum absolute atomic E-state index is 13.0. The molecule has 0 aliphatic rings. The summed E-state index contributed by atoms with van der Waals surface area (Å²) in [4.78, 5) is 0. The largest absolute Gasteiger partial charge is 0.324 e. The van der Waals surface area contributed by atoms with Crippen LogP contribution in [0.1, 0.15) is 24.9 Å². The van der Waals surface area contributed by atoms with Crippen LogP contribution in [-0.4, -0.2) is 0 Å². The van der Waals surface area contributed by atoms with Crippen LogP contribution in [0, 0.1) is 17.5 Å². The normalized spacial score (nSPS) is 12.1. The molecule has 14 heavy (non-hydrogen) atoms. The molecule has 0 unspecified atom stereocenters. The van der Waals surface area contributed by atoms with Crippen LogP contribution in [0.25, 0.3) is 0 Å². The zero-order chi connectivity index (χ0) is 10.0. The molecule has 0 bridgehead atoms. The summed E-state index contributed by atoms with van der Waals surface area (Å²) in [6.45, 7) is 1.72. The smallest absolute Gasteiger partial charge is 0.163 e. The fourth-order valence-electron chi connectivity index (χ4n) is 1.07. The molecule has 0 saturated carbocycles. The maximum Gasteiger partial charge on any atom is 0.163 e. The summed E-state index contributed by atoms with van der Waals surface area (Å²) >= 11 is 0. The van der Waals surface area contributed by atoms with E-state index in [2.05, 4.69) is 0 Å². The van der Waals surface area contributed by atoms with Gasteiger partial charge in [-0.2, -0.15) is 0 Å². The lowest BCUT2D eigenvalue weighted by Gasteiger charge is -2.10. The van der Waals surface area contributed by atoms with Crippen molar-refractivity contribution in [2.75, 3.05) is 0 Å². The van der Waals surface area contributed by atoms with E-state index in [0.717, 1.165) is 6.07 Å². The van der Waals surface area contributed by atoms with Gasteiger partial charge >= 0.3 is 0 Å². The molecule has 0 aliphatic heterocycles. The fourth-order valence-corrected chi connectivity index (χ4v) is 1.07. The van der Waals surface area contributed by atoms with Crippen LogP contribution >= 0.6 is 12.4 Å². The van der Waals surface area contributed by atoms with Gasteiger partial charge in [0.05, 0.1) is 0 Å². The molecule has 1 rings (SSSR count). The van der Waals surface area contributed by atoms with Crippen LogP contribution in [0.2, 0.25) is 0 Å². The second kappa shape index (κ2) is 5.22. The summed E-state index contributed by atoms with van der Waals surface area (Å²) in [5, 5.41) is 0. The zero-order valence-electron chi connectivity index (χ0n) is 7.56. The van der Waals surface area contributed by atoms with Gasteiger partial charge in [0, 0.05) is 17.7 Å². The Balaban J connectivity index is 0.00000169. The van der Waals surface area contributed by atoms with E-state index in [4.69, 9.17) is 5.73 Å². The summed E-state index contributed by atoms with van der Waals surface area (Å²) in [5.74, 6) is -3.06. The first-order valence-corrected chi connectivity index (χ1v) is 3.96. The topological polar surface area (TPSA) is 26.0 Å². The highest BCUT2D eigenvalue weighted by atomic mass is 35.5. The number of benzene rings is 1. The van der Waals surface area contributed by atoms with Gasteiger partial charge in [-0.1, -0.05) is 6.92 Å². The molecular formula is C9H11ClF3N. The second-order valence-corrected chi connectivity index (χ2v) is 2.81. The lowest BCUT2D eigenvalue weighted by atomic mass is 10.0. The zero-order valence-corrected chi connectivity index (χ0v) is 8.38. The van der Waals surface area contributed by atoms with E-state index in [1.165, 1.54) is 0 Å². The van der Waals surface area contributed by atoms with Crippen molar-refractivity contribution in [3.63, 3.8) is 0 Å². The van der Waals surface area contributed by atoms with Crippen molar-refractivity contribution in [3.8, 4) is 0 Å². The highest BCUT2D eigenvalue weighted by molar-refractivity contribution is 5.85. The Bertz CT molecular complexity index is 317. The van der Waals surface area contributed by atoms with Crippen molar-refractivity contribution in [3.05, 3.63) is 35.1 Å². The number of nitrogens with two attached hydrogens (primary N) is 1. The highest BCUT2D eigenvalue weighted by Crippen LogP contribution is 2.21. The second-order valence-electron chi connectivity index (χ2n) is 2.81. The third-order valence-corrected chi connectivity index (χ3v) is 1.86. The van der Waals surface area contributed by atoms with Gasteiger partial charge in [0.2, 0.25) is 0 Å². The van der Waals surface area contributed by atoms with Gasteiger partial charge in [-0.25, -0.2) is 13.2 Å². The summed E-state index contributed by atoms with van der Waals surface area (Å²) in [6, 6.07) is 0.763. The molecule has 5 heteroatoms. The molecule has 2 N–H and O–H groups in total. The van der Waals surface area contributed by atoms with Gasteiger partial charge < -0.3 is 5.73 Å². The molecule has 80 valence electrons. The lowest BCUT2D eigenvalue weighted by molar-refractivity contribution is 0.473. The van der Waals surface area contributed by atoms with Crippen LogP contribution in [0.4, 0.5) is 13.2 Å². The molecular weight excluding hydrogens is 215 g/mol. The Hall–Kier alpha value is -0.740. The lowest BCUT2D eigenvalue weighted by Crippen LogP contribution is -2.12. The quantitative estimate of drug-likeness (QED) is 0.770. The highest BCUT2D eigenvalue weighted by Gasteiger charge is 2.15. The van der Waals surface area contributed by atoms with E-state index in [0.29, 0.717) is 12.5 Å². The molecule has 0 aromatic heterocycles. The van der Waals surface area contributed by atoms with Crippen molar-refractivity contribution in [1.82, 2.24) is 0 Å². The van der Waals surface area contributed by atoms with Crippen LogP contribution < -0.4 is 5.73 Å². The van der Waals surface area contributed by atoms with E-state index in [9.17, 15) is 13.2 Å². The first-order chi connectivity index (χ1) is 6.06. The minimum Gasteiger partial charge on any atom is -0.324 e. The van der Waals surface area contributed by atoms with Crippen LogP contribution in [0.5, 0.6) is 0 Å². The molecule has 1 aromatic rings. The van der Waals surface area contributed by atoms with E-state index in [1.54, 1.807) is 6.92 Å². The third kappa shape index (κ3) is 2.62. The maximum atomic E-state index is 13.0. The molecule has 1 aromatic carbocycles. The molecule has 0 amide bonds. The van der Waals surface area contributed by atoms with Crippen LogP contribution in [0.3, 0.4) is 0 Å². The fraction of sp³-hybridized carbons (Fsp3) is 0.333. The Morgan fingerprint density at radius 1 is 1.29 bits per heavy atom. The first kappa shape index (κ1) is 13.3. The van der Waals surface area contributed by atoms with Gasteiger partial charge in [0.15, 0.2) is 11.6 Å². The van der Waals surface area contributed by atoms with Crippen molar-refractivity contribution in [1.29, 1.82) is 0 Å². The average molecular weight is 226 g/mol. The van der Waals surface area contributed by atoms with Crippen molar-refractivity contribution >= 4 is 12.4 Å². The monoisotopic (exact) mass is 225 g/mol. The van der Waals surface area contributed by atoms with Crippen LogP contribution in [0.15, 0.2) is 12.1 Å². The molecule has 0 fully saturated rings. The van der Waals surface area contributed by atoms with Gasteiger partial charge in [0.25, 0.3) is 0 Å². The van der Waals surface area contributed by atoms with Gasteiger partial charge in [-0.15, -0.1) is 12.4 Å². The van der Waals surface area contributed by atoms with Gasteiger partial charge in [-0.05, 0) is 12.5 Å². The number of halogens is 4. The van der Waals surface area contributed by atoms with Gasteiger partial charge in [0.1, 0.15) is 5.82 Å². The number of rotatable bonds is 2. The van der Waals surface area contributed by atoms with E-state index < -0.39 is 23.5 Å². The minimum atomic E-state index is -1.20. The molecule has 0 heterocycles. The predicted octanol–water partition coefficient (Wildman–Crippen LogP) is 2.94. The Labute approximate surface area is 86.5 Å². The van der Waals surface area contributed by atoms with E-state index >= 15 is 0 Å². The minimum absolute atomic E-state index is 0. The molecule has 1 atom stereocenters. The molecule has 0 radical (unpaired) electrons. The van der Waals surface area contributed by atoms with E-state index in [-0.39, 0.29) is 18.0 Å². The van der Waals surface area contributed by atoms with Crippen molar-refractivity contribution < 1.29 is 13.2 Å². The Morgan fingerprint density at radius 3 is 2.36 bits per heavy atom. The standard InChI is InChI=1S/C9H10F3N.ClH/c1-2-8(13)6-3-5(10)4-7(11)9(6)12;/h3-4,8H,2,13H2,1H3;1H/t8-;/m1./s1. The summed E-state index contributed by atoms with van der Waals surface area (Å²) < 4.78 is 38.3. The van der Waals surface area contributed by atoms with E-state index in [1.807, 2.05) is 0 Å². The summed E-state index contributed by atoms with van der Waals surface area (Å²) in [5.41, 5.74) is 5.35. The number of hydrogen-bond acceptors (Lipinski definition) is 1. The Morgan fingerprint density at radius 2 is 1.86 bits per heavy atom. The average Bonchev–Trinajstić information content (AvgIpc) is 2.10. The molecule has 0 saturated heterocycles. The van der Waals surface area contributed by atoms with Crippen LogP contribution in [-0.2, 0) is 0 Å². The summed E-state index contributed by atoms with van der Waals surface area (Å²) in [7, 11) is 0. The first-order valence-electron chi connectivity index (χ1n) is 3.96. The van der Waals surface area contributed by atoms with Crippen molar-refractivity contribution in [2.45, 2.75) is 19.4 Å². The summed E-state index contributed by atoms with van der Waals surface area (Å²) in [6.07, 6.45) is 0.430. The SMILES string of the molecule is CC[C@@H](N)c1cc(F)cc(F)c1F.Cl. The van der Waals surface area contributed by atoms with Crippen molar-refractivity contribution in [2.24, 2.45) is 5.73 Å². The third-order valence-electron chi connectivity index (χ3n) is 1.86. The predicted molar refractivity (Wildman–Crippen MR) is 50.8 cm³/mol. The molecule has 1 nitrogen and oxygen atoms in total. The number of hydrogen-bond donors (Lipinski definition) is 1. The molecule has 0 aliphatic carbocycles. The molecule has 0 spiro atoms. The van der Waals surface area contributed by atoms with Gasteiger partial charge in [-0.3, -0.25) is 0 Å². The Kier molecular flexibility index (Phi) is 4.94.